The minimum Gasteiger partial charge on any atom is -0.493 e. The fourth-order valence-electron chi connectivity index (χ4n) is 2.14. The van der Waals surface area contributed by atoms with Crippen molar-refractivity contribution in [3.63, 3.8) is 0 Å². The van der Waals surface area contributed by atoms with E-state index in [2.05, 4.69) is 5.32 Å². The van der Waals surface area contributed by atoms with Crippen molar-refractivity contribution in [2.24, 2.45) is 5.73 Å². The molecule has 23 heavy (non-hydrogen) atoms. The largest absolute Gasteiger partial charge is 0.493 e. The average molecular weight is 334 g/mol. The normalized spacial score (nSPS) is 11.8. The first kappa shape index (κ1) is 17.3. The molecule has 0 bridgehead atoms. The zero-order valence-corrected chi connectivity index (χ0v) is 14.2. The van der Waals surface area contributed by atoms with E-state index in [0.717, 1.165) is 5.56 Å². The van der Waals surface area contributed by atoms with E-state index in [1.54, 1.807) is 36.6 Å². The van der Waals surface area contributed by atoms with Crippen LogP contribution in [0.3, 0.4) is 0 Å². The zero-order valence-electron chi connectivity index (χ0n) is 13.4. The summed E-state index contributed by atoms with van der Waals surface area (Å²) in [5.41, 5.74) is 7.03. The quantitative estimate of drug-likeness (QED) is 0.728. The van der Waals surface area contributed by atoms with Crippen LogP contribution in [0.15, 0.2) is 35.0 Å². The first-order valence-electron chi connectivity index (χ1n) is 7.50. The van der Waals surface area contributed by atoms with Gasteiger partial charge in [-0.05, 0) is 54.4 Å². The Morgan fingerprint density at radius 1 is 1.39 bits per heavy atom. The Bertz CT molecular complexity index is 629. The van der Waals surface area contributed by atoms with Crippen molar-refractivity contribution in [2.75, 3.05) is 20.3 Å². The molecule has 1 heterocycles. The third-order valence-electron chi connectivity index (χ3n) is 3.43. The van der Waals surface area contributed by atoms with Gasteiger partial charge in [0.2, 0.25) is 0 Å². The highest BCUT2D eigenvalue weighted by Crippen LogP contribution is 2.31. The number of rotatable bonds is 8. The molecule has 0 fully saturated rings. The second-order valence-corrected chi connectivity index (χ2v) is 5.86. The van der Waals surface area contributed by atoms with E-state index < -0.39 is 0 Å². The third-order valence-corrected chi connectivity index (χ3v) is 4.13. The highest BCUT2D eigenvalue weighted by molar-refractivity contribution is 7.07. The molecular formula is C17H22N2O3S. The Labute approximate surface area is 140 Å². The molecule has 1 atom stereocenters. The van der Waals surface area contributed by atoms with Crippen molar-refractivity contribution in [1.82, 2.24) is 5.32 Å². The van der Waals surface area contributed by atoms with Crippen LogP contribution in [0.1, 0.15) is 35.3 Å². The number of ether oxygens (including phenoxy) is 2. The Hall–Kier alpha value is -2.05. The van der Waals surface area contributed by atoms with Crippen LogP contribution in [0.4, 0.5) is 0 Å². The smallest absolute Gasteiger partial charge is 0.255 e. The summed E-state index contributed by atoms with van der Waals surface area (Å²) < 4.78 is 11.0. The molecule has 0 spiro atoms. The minimum absolute atomic E-state index is 0.0724. The fraction of sp³-hybridized carbons (Fsp3) is 0.353. The molecule has 1 aromatic heterocycles. The van der Waals surface area contributed by atoms with Gasteiger partial charge in [0.05, 0.1) is 25.3 Å². The number of nitrogens with two attached hydrogens (primary N) is 1. The zero-order chi connectivity index (χ0) is 16.7. The van der Waals surface area contributed by atoms with Crippen molar-refractivity contribution >= 4 is 17.2 Å². The molecule has 1 amide bonds. The molecule has 124 valence electrons. The first-order valence-corrected chi connectivity index (χ1v) is 8.44. The number of hydrogen-bond acceptors (Lipinski definition) is 5. The van der Waals surface area contributed by atoms with Crippen molar-refractivity contribution in [3.05, 3.63) is 46.2 Å². The average Bonchev–Trinajstić information content (AvgIpc) is 3.09. The number of para-hydroxylation sites is 1. The van der Waals surface area contributed by atoms with E-state index in [1.807, 2.05) is 23.8 Å². The third kappa shape index (κ3) is 4.46. The van der Waals surface area contributed by atoms with Gasteiger partial charge in [-0.25, -0.2) is 0 Å². The summed E-state index contributed by atoms with van der Waals surface area (Å²) in [6.07, 6.45) is 0.713. The molecule has 0 aliphatic carbocycles. The summed E-state index contributed by atoms with van der Waals surface area (Å²) in [6, 6.07) is 7.21. The van der Waals surface area contributed by atoms with E-state index in [4.69, 9.17) is 15.2 Å². The number of thiophene rings is 1. The maximum atomic E-state index is 12.6. The van der Waals surface area contributed by atoms with Crippen LogP contribution in [0.25, 0.3) is 0 Å². The van der Waals surface area contributed by atoms with Gasteiger partial charge in [-0.1, -0.05) is 6.07 Å². The summed E-state index contributed by atoms with van der Waals surface area (Å²) in [4.78, 5) is 12.6. The number of nitrogens with one attached hydrogen (secondary N) is 1. The van der Waals surface area contributed by atoms with Crippen LogP contribution in [0.2, 0.25) is 0 Å². The molecule has 1 aromatic carbocycles. The highest BCUT2D eigenvalue weighted by atomic mass is 32.1. The van der Waals surface area contributed by atoms with Crippen LogP contribution in [0.5, 0.6) is 11.5 Å². The summed E-state index contributed by atoms with van der Waals surface area (Å²) in [5.74, 6) is 0.807. The second kappa shape index (κ2) is 8.55. The number of carbonyl (C=O) groups excluding carboxylic acids is 1. The molecule has 0 saturated heterocycles. The Morgan fingerprint density at radius 2 is 2.22 bits per heavy atom. The van der Waals surface area contributed by atoms with E-state index in [0.29, 0.717) is 36.6 Å². The lowest BCUT2D eigenvalue weighted by Crippen LogP contribution is -2.27. The van der Waals surface area contributed by atoms with Gasteiger partial charge in [-0.15, -0.1) is 0 Å². The van der Waals surface area contributed by atoms with Gasteiger partial charge in [0.15, 0.2) is 11.5 Å². The van der Waals surface area contributed by atoms with Crippen molar-refractivity contribution in [2.45, 2.75) is 19.4 Å². The lowest BCUT2D eigenvalue weighted by molar-refractivity contribution is 0.0935. The lowest BCUT2D eigenvalue weighted by Gasteiger charge is -2.17. The SMILES string of the molecule is COc1cccc(C(=O)N[C@H](C)c2ccsc2)c1OCCCN. The van der Waals surface area contributed by atoms with Crippen molar-refractivity contribution in [3.8, 4) is 11.5 Å². The first-order chi connectivity index (χ1) is 11.2. The number of hydrogen-bond donors (Lipinski definition) is 2. The van der Waals surface area contributed by atoms with Crippen molar-refractivity contribution in [1.29, 1.82) is 0 Å². The Balaban J connectivity index is 2.17. The number of carbonyl (C=O) groups is 1. The lowest BCUT2D eigenvalue weighted by atomic mass is 10.1. The molecule has 0 unspecified atom stereocenters. The molecular weight excluding hydrogens is 312 g/mol. The second-order valence-electron chi connectivity index (χ2n) is 5.08. The number of benzene rings is 1. The van der Waals surface area contributed by atoms with Gasteiger partial charge in [-0.3, -0.25) is 4.79 Å². The van der Waals surface area contributed by atoms with E-state index >= 15 is 0 Å². The predicted octanol–water partition coefficient (Wildman–Crippen LogP) is 2.98. The van der Waals surface area contributed by atoms with Gasteiger partial charge in [-0.2, -0.15) is 11.3 Å². The molecule has 0 aliphatic rings. The monoisotopic (exact) mass is 334 g/mol. The van der Waals surface area contributed by atoms with Gasteiger partial charge in [0.25, 0.3) is 5.91 Å². The van der Waals surface area contributed by atoms with E-state index in [1.165, 1.54) is 0 Å². The van der Waals surface area contributed by atoms with Crippen LogP contribution in [-0.4, -0.2) is 26.2 Å². The summed E-state index contributed by atoms with van der Waals surface area (Å²) >= 11 is 1.61. The number of methoxy groups -OCH3 is 1. The standard InChI is InChI=1S/C17H22N2O3S/c1-12(13-7-10-23-11-13)19-17(20)14-5-3-6-15(21-2)16(14)22-9-4-8-18/h3,5-7,10-12H,4,8-9,18H2,1-2H3,(H,19,20)/t12-/m1/s1. The topological polar surface area (TPSA) is 73.6 Å². The highest BCUT2D eigenvalue weighted by Gasteiger charge is 2.19. The molecule has 0 aliphatic heterocycles. The van der Waals surface area contributed by atoms with Crippen molar-refractivity contribution < 1.29 is 14.3 Å². The summed E-state index contributed by atoms with van der Waals surface area (Å²) in [6.45, 7) is 2.93. The van der Waals surface area contributed by atoms with Gasteiger partial charge in [0.1, 0.15) is 0 Å². The van der Waals surface area contributed by atoms with Crippen LogP contribution in [0, 0.1) is 0 Å². The Morgan fingerprint density at radius 3 is 2.87 bits per heavy atom. The molecule has 5 nitrogen and oxygen atoms in total. The minimum atomic E-state index is -0.189. The molecule has 0 radical (unpaired) electrons. The van der Waals surface area contributed by atoms with Gasteiger partial charge in [0, 0.05) is 0 Å². The van der Waals surface area contributed by atoms with E-state index in [-0.39, 0.29) is 11.9 Å². The van der Waals surface area contributed by atoms with Crippen LogP contribution >= 0.6 is 11.3 Å². The molecule has 6 heteroatoms. The van der Waals surface area contributed by atoms with Gasteiger partial charge < -0.3 is 20.5 Å². The molecule has 3 N–H and O–H groups in total. The number of amides is 1. The van der Waals surface area contributed by atoms with Crippen LogP contribution in [-0.2, 0) is 0 Å². The summed E-state index contributed by atoms with van der Waals surface area (Å²) in [5, 5.41) is 7.00. The molecule has 2 rings (SSSR count). The predicted molar refractivity (Wildman–Crippen MR) is 92.4 cm³/mol. The maximum Gasteiger partial charge on any atom is 0.255 e. The van der Waals surface area contributed by atoms with Gasteiger partial charge >= 0.3 is 0 Å². The fourth-order valence-corrected chi connectivity index (χ4v) is 2.90. The molecule has 2 aromatic rings. The summed E-state index contributed by atoms with van der Waals surface area (Å²) in [7, 11) is 1.56. The Kier molecular flexibility index (Phi) is 6.43. The maximum absolute atomic E-state index is 12.6. The van der Waals surface area contributed by atoms with E-state index in [9.17, 15) is 4.79 Å². The van der Waals surface area contributed by atoms with Crippen LogP contribution < -0.4 is 20.5 Å². The molecule has 0 saturated carbocycles.